The fourth-order valence-corrected chi connectivity index (χ4v) is 5.63. The minimum absolute atomic E-state index is 0. The summed E-state index contributed by atoms with van der Waals surface area (Å²) in [7, 11) is -2.53. The number of hydrogen-bond donors (Lipinski definition) is 1. The van der Waals surface area contributed by atoms with Gasteiger partial charge in [0.05, 0.1) is 28.9 Å². The average Bonchev–Trinajstić information content (AvgIpc) is 2.77. The Morgan fingerprint density at radius 2 is 1.72 bits per heavy atom. The van der Waals surface area contributed by atoms with E-state index in [1.165, 1.54) is 19.2 Å². The van der Waals surface area contributed by atoms with Crippen LogP contribution in [0.25, 0.3) is 0 Å². The minimum atomic E-state index is -4.54. The fraction of sp³-hybridized carbons (Fsp3) is 0.429. The van der Waals surface area contributed by atoms with Crippen LogP contribution in [0, 0.1) is 0 Å². The van der Waals surface area contributed by atoms with Crippen molar-refractivity contribution in [2.24, 2.45) is 0 Å². The highest BCUT2D eigenvalue weighted by molar-refractivity contribution is 7.92. The Bertz CT molecular complexity index is 1070. The number of methoxy groups -OCH3 is 1. The molecule has 0 spiro atoms. The van der Waals surface area contributed by atoms with Crippen LogP contribution in [0.5, 0.6) is 5.75 Å². The molecule has 2 aromatic rings. The summed E-state index contributed by atoms with van der Waals surface area (Å²) in [6.45, 7) is 3.05. The molecule has 32 heavy (non-hydrogen) atoms. The number of rotatable bonds is 4. The molecule has 6 nitrogen and oxygen atoms in total. The first-order valence-corrected chi connectivity index (χ1v) is 11.5. The molecule has 0 radical (unpaired) electrons. The molecule has 0 unspecified atom stereocenters. The first kappa shape index (κ1) is 24.5. The van der Waals surface area contributed by atoms with E-state index in [4.69, 9.17) is 4.74 Å². The van der Waals surface area contributed by atoms with E-state index < -0.39 is 21.8 Å². The zero-order valence-electron chi connectivity index (χ0n) is 17.5. The maximum Gasteiger partial charge on any atom is 0.416 e. The molecule has 2 aromatic carbocycles. The van der Waals surface area contributed by atoms with Gasteiger partial charge in [0, 0.05) is 32.7 Å². The van der Waals surface area contributed by atoms with Crippen LogP contribution in [0.15, 0.2) is 41.3 Å². The fourth-order valence-electron chi connectivity index (χ4n) is 4.08. The number of hydrogen-bond acceptors (Lipinski definition) is 5. The summed E-state index contributed by atoms with van der Waals surface area (Å²) in [6, 6.07) is 7.92. The van der Waals surface area contributed by atoms with Gasteiger partial charge in [0.15, 0.2) is 0 Å². The lowest BCUT2D eigenvalue weighted by molar-refractivity contribution is -0.137. The van der Waals surface area contributed by atoms with Crippen molar-refractivity contribution in [1.29, 1.82) is 0 Å². The third-order valence-electron chi connectivity index (χ3n) is 5.68. The molecular formula is C21H25ClF3N3O3S. The van der Waals surface area contributed by atoms with E-state index in [9.17, 15) is 21.6 Å². The van der Waals surface area contributed by atoms with Crippen molar-refractivity contribution in [3.8, 4) is 5.75 Å². The van der Waals surface area contributed by atoms with Crippen LogP contribution in [0.3, 0.4) is 0 Å². The number of aryl methyl sites for hydroxylation is 1. The number of alkyl halides is 3. The monoisotopic (exact) mass is 491 g/mol. The standard InChI is InChI=1S/C21H24F3N3O3S.ClH/c1-30-20-7-6-17(14-19(20)26-11-8-25-9-12-26)31(28,29)27-10-2-3-15-4-5-16(13-18(15)27)21(22,23)24;/h4-7,13-14,25H,2-3,8-12H2,1H3;1H. The van der Waals surface area contributed by atoms with Gasteiger partial charge >= 0.3 is 6.18 Å². The molecule has 1 N–H and O–H groups in total. The number of sulfonamides is 1. The average molecular weight is 492 g/mol. The number of halogens is 4. The van der Waals surface area contributed by atoms with Crippen LogP contribution in [0.4, 0.5) is 24.5 Å². The Hall–Kier alpha value is -2.17. The van der Waals surface area contributed by atoms with Crippen LogP contribution in [-0.4, -0.2) is 48.3 Å². The van der Waals surface area contributed by atoms with Gasteiger partial charge in [0.1, 0.15) is 5.75 Å². The van der Waals surface area contributed by atoms with E-state index in [0.717, 1.165) is 29.5 Å². The lowest BCUT2D eigenvalue weighted by atomic mass is 10.0. The number of fused-ring (bicyclic) bond motifs is 1. The smallest absolute Gasteiger partial charge is 0.416 e. The summed E-state index contributed by atoms with van der Waals surface area (Å²) in [5.74, 6) is 0.555. The minimum Gasteiger partial charge on any atom is -0.495 e. The van der Waals surface area contributed by atoms with Crippen molar-refractivity contribution < 1.29 is 26.3 Å². The summed E-state index contributed by atoms with van der Waals surface area (Å²) in [4.78, 5) is 2.08. The van der Waals surface area contributed by atoms with Crippen LogP contribution >= 0.6 is 12.4 Å². The Morgan fingerprint density at radius 3 is 2.38 bits per heavy atom. The van der Waals surface area contributed by atoms with Gasteiger partial charge in [-0.15, -0.1) is 12.4 Å². The second kappa shape index (κ2) is 9.36. The molecule has 2 heterocycles. The molecule has 2 aliphatic rings. The van der Waals surface area contributed by atoms with Gasteiger partial charge in [-0.1, -0.05) is 6.07 Å². The molecule has 0 atom stereocenters. The molecule has 0 saturated carbocycles. The van der Waals surface area contributed by atoms with Crippen LogP contribution in [0.1, 0.15) is 17.5 Å². The Labute approximate surface area is 191 Å². The highest BCUT2D eigenvalue weighted by Gasteiger charge is 2.35. The molecule has 2 aliphatic heterocycles. The van der Waals surface area contributed by atoms with E-state index in [-0.39, 0.29) is 29.5 Å². The summed E-state index contributed by atoms with van der Waals surface area (Å²) in [5, 5.41) is 3.25. The Kier molecular flexibility index (Phi) is 7.16. The third-order valence-corrected chi connectivity index (χ3v) is 7.49. The predicted octanol–water partition coefficient (Wildman–Crippen LogP) is 3.69. The summed E-state index contributed by atoms with van der Waals surface area (Å²) < 4.78 is 73.3. The lowest BCUT2D eigenvalue weighted by Gasteiger charge is -2.33. The maximum atomic E-state index is 13.5. The van der Waals surface area contributed by atoms with Gasteiger partial charge in [-0.2, -0.15) is 13.2 Å². The van der Waals surface area contributed by atoms with E-state index in [1.807, 2.05) is 4.90 Å². The number of ether oxygens (including phenoxy) is 1. The lowest BCUT2D eigenvalue weighted by Crippen LogP contribution is -2.43. The largest absolute Gasteiger partial charge is 0.495 e. The van der Waals surface area contributed by atoms with Gasteiger partial charge in [0.2, 0.25) is 0 Å². The van der Waals surface area contributed by atoms with Crippen LogP contribution in [-0.2, 0) is 22.6 Å². The number of piperazine rings is 1. The zero-order valence-corrected chi connectivity index (χ0v) is 19.1. The summed E-state index contributed by atoms with van der Waals surface area (Å²) in [6.07, 6.45) is -3.47. The number of anilines is 2. The number of benzene rings is 2. The molecule has 4 rings (SSSR count). The number of nitrogens with zero attached hydrogens (tertiary/aromatic N) is 2. The first-order chi connectivity index (χ1) is 14.7. The summed E-state index contributed by atoms with van der Waals surface area (Å²) in [5.41, 5.74) is 0.496. The van der Waals surface area contributed by atoms with Crippen LogP contribution < -0.4 is 19.3 Å². The molecule has 0 amide bonds. The second-order valence-electron chi connectivity index (χ2n) is 7.59. The molecule has 0 aliphatic carbocycles. The Morgan fingerprint density at radius 1 is 1.00 bits per heavy atom. The van der Waals surface area contributed by atoms with E-state index in [0.29, 0.717) is 42.9 Å². The van der Waals surface area contributed by atoms with Crippen molar-refractivity contribution >= 4 is 33.8 Å². The maximum absolute atomic E-state index is 13.5. The van der Waals surface area contributed by atoms with Crippen LogP contribution in [0.2, 0.25) is 0 Å². The van der Waals surface area contributed by atoms with Gasteiger partial charge in [0.25, 0.3) is 10.0 Å². The Balaban J connectivity index is 0.00000289. The van der Waals surface area contributed by atoms with Crippen molar-refractivity contribution in [3.05, 3.63) is 47.5 Å². The third kappa shape index (κ3) is 4.62. The molecular weight excluding hydrogens is 467 g/mol. The van der Waals surface area contributed by atoms with Gasteiger partial charge < -0.3 is 15.0 Å². The molecule has 0 bridgehead atoms. The van der Waals surface area contributed by atoms with Gasteiger partial charge in [-0.3, -0.25) is 4.31 Å². The SMILES string of the molecule is COc1ccc(S(=O)(=O)N2CCCc3ccc(C(F)(F)F)cc32)cc1N1CCNCC1.Cl. The normalized spacial score (nSPS) is 16.9. The topological polar surface area (TPSA) is 61.9 Å². The van der Waals surface area contributed by atoms with Gasteiger partial charge in [-0.25, -0.2) is 8.42 Å². The van der Waals surface area contributed by atoms with Gasteiger partial charge in [-0.05, 0) is 48.7 Å². The van der Waals surface area contributed by atoms with Crippen molar-refractivity contribution in [2.45, 2.75) is 23.9 Å². The molecule has 0 aromatic heterocycles. The van der Waals surface area contributed by atoms with E-state index in [1.54, 1.807) is 12.1 Å². The highest BCUT2D eigenvalue weighted by Crippen LogP contribution is 2.39. The second-order valence-corrected chi connectivity index (χ2v) is 9.45. The van der Waals surface area contributed by atoms with Crippen molar-refractivity contribution in [1.82, 2.24) is 5.32 Å². The predicted molar refractivity (Wildman–Crippen MR) is 120 cm³/mol. The zero-order chi connectivity index (χ0) is 22.2. The molecule has 1 fully saturated rings. The van der Waals surface area contributed by atoms with Crippen molar-refractivity contribution in [3.63, 3.8) is 0 Å². The molecule has 176 valence electrons. The molecule has 1 saturated heterocycles. The van der Waals surface area contributed by atoms with E-state index in [2.05, 4.69) is 5.32 Å². The molecule has 11 heteroatoms. The first-order valence-electron chi connectivity index (χ1n) is 10.1. The summed E-state index contributed by atoms with van der Waals surface area (Å²) >= 11 is 0. The quantitative estimate of drug-likeness (QED) is 0.707. The van der Waals surface area contributed by atoms with Crippen molar-refractivity contribution in [2.75, 3.05) is 49.0 Å². The van der Waals surface area contributed by atoms with E-state index >= 15 is 0 Å². The number of nitrogens with one attached hydrogen (secondary N) is 1. The highest BCUT2D eigenvalue weighted by atomic mass is 35.5.